The molecule has 0 N–H and O–H groups in total. The molecule has 2 fully saturated rings. The third-order valence-corrected chi connectivity index (χ3v) is 3.23. The van der Waals surface area contributed by atoms with Gasteiger partial charge >= 0.3 is 24.5 Å². The van der Waals surface area contributed by atoms with E-state index in [0.29, 0.717) is 11.5 Å². The molecule has 1 saturated heterocycles. The number of esters is 1. The zero-order chi connectivity index (χ0) is 17.9. The van der Waals surface area contributed by atoms with Crippen molar-refractivity contribution in [3.8, 4) is 0 Å². The van der Waals surface area contributed by atoms with Crippen LogP contribution in [0, 0.1) is 19.0 Å². The second-order valence-corrected chi connectivity index (χ2v) is 4.82. The van der Waals surface area contributed by atoms with E-state index in [1.165, 1.54) is 12.8 Å². The van der Waals surface area contributed by atoms with Crippen LogP contribution < -0.4 is 0 Å². The molecule has 0 aromatic rings. The van der Waals surface area contributed by atoms with E-state index >= 15 is 0 Å². The van der Waals surface area contributed by atoms with Crippen molar-refractivity contribution in [3.05, 3.63) is 49.5 Å². The summed E-state index contributed by atoms with van der Waals surface area (Å²) >= 11 is 0. The van der Waals surface area contributed by atoms with Crippen LogP contribution in [0.4, 0.5) is 17.3 Å². The van der Waals surface area contributed by atoms with Crippen LogP contribution in [0.25, 0.3) is 0 Å². The molecule has 0 aromatic carbocycles. The summed E-state index contributed by atoms with van der Waals surface area (Å²) in [7, 11) is -6.00. The average molecular weight is 388 g/mol. The Morgan fingerprint density at radius 2 is 1.54 bits per heavy atom. The van der Waals surface area contributed by atoms with Gasteiger partial charge in [0.1, 0.15) is 6.10 Å². The Balaban J connectivity index is 0. The Kier molecular flexibility index (Phi) is 13.6. The Labute approximate surface area is 149 Å². The van der Waals surface area contributed by atoms with Crippen molar-refractivity contribution in [2.75, 3.05) is 0 Å². The molecule has 0 bridgehead atoms. The molecular weight excluding hydrogens is 371 g/mol. The molecule has 0 unspecified atom stereocenters. The van der Waals surface area contributed by atoms with Gasteiger partial charge in [-0.2, -0.15) is 0 Å². The van der Waals surface area contributed by atoms with Crippen molar-refractivity contribution < 1.29 is 48.5 Å². The summed E-state index contributed by atoms with van der Waals surface area (Å²) in [5.74, 6) is 0.179. The molecule has 3 aliphatic rings. The number of carbonyl (C=O) groups is 1. The van der Waals surface area contributed by atoms with Gasteiger partial charge in [0.25, 0.3) is 0 Å². The van der Waals surface area contributed by atoms with Crippen LogP contribution in [0.3, 0.4) is 0 Å². The zero-order valence-corrected chi connectivity index (χ0v) is 13.8. The van der Waals surface area contributed by atoms with Crippen LogP contribution in [-0.2, 0) is 31.3 Å². The third kappa shape index (κ3) is 11.3. The van der Waals surface area contributed by atoms with E-state index in [1.54, 1.807) is 0 Å². The molecule has 9 heteroatoms. The first kappa shape index (κ1) is 25.0. The first-order valence-corrected chi connectivity index (χ1v) is 6.93. The van der Waals surface area contributed by atoms with Gasteiger partial charge in [0.15, 0.2) is 0 Å². The van der Waals surface area contributed by atoms with Gasteiger partial charge < -0.3 is 22.0 Å². The van der Waals surface area contributed by atoms with E-state index in [1.807, 2.05) is 30.7 Å². The minimum absolute atomic E-state index is 0. The number of hydrogen-bond donors (Lipinski definition) is 0. The Bertz CT molecular complexity index is 459. The number of ether oxygens (including phenoxy) is 1. The van der Waals surface area contributed by atoms with Crippen molar-refractivity contribution in [1.29, 1.82) is 0 Å². The van der Waals surface area contributed by atoms with E-state index in [9.17, 15) is 22.1 Å². The first-order chi connectivity index (χ1) is 10.8. The van der Waals surface area contributed by atoms with E-state index < -0.39 is 7.25 Å². The molecule has 135 valence electrons. The smallest absolute Gasteiger partial charge is 0.00506 e. The van der Waals surface area contributed by atoms with Crippen molar-refractivity contribution in [2.45, 2.75) is 31.8 Å². The number of carbonyl (C=O) groups excluding carboxylic acids is 1. The molecule has 3 nitrogen and oxygen atoms in total. The maximum Gasteiger partial charge on any atom is 0.00506 e. The van der Waals surface area contributed by atoms with Crippen LogP contribution in [-0.4, -0.2) is 19.3 Å². The number of fused-ring (bicyclic) bond motifs is 1. The fraction of sp³-hybridized carbons (Fsp3) is 0.400. The molecule has 0 aromatic heterocycles. The van der Waals surface area contributed by atoms with Gasteiger partial charge in [0.05, 0.1) is 0 Å². The van der Waals surface area contributed by atoms with Gasteiger partial charge in [0.2, 0.25) is 0 Å². The maximum absolute atomic E-state index is 11.0. The van der Waals surface area contributed by atoms with E-state index in [-0.39, 0.29) is 29.1 Å². The molecule has 3 rings (SSSR count). The SMILES string of the molecule is C=C1C(=O)O[C@@H]2CCCC[C@H]12.F[B-](F)(F)F.[C-]#[O+].[CH]1C=CC=C1.[Fe]. The minimum Gasteiger partial charge on any atom is -0.0767 e. The molecular formula is C15H17BF4FeO3-. The van der Waals surface area contributed by atoms with Crippen LogP contribution in [0.2, 0.25) is 0 Å². The Morgan fingerprint density at radius 3 is 1.92 bits per heavy atom. The Hall–Kier alpha value is -1.27. The molecule has 1 radical (unpaired) electrons. The molecule has 2 atom stereocenters. The van der Waals surface area contributed by atoms with Gasteiger partial charge in [-0.3, -0.25) is 0 Å². The summed E-state index contributed by atoms with van der Waals surface area (Å²) in [4.78, 5) is 11.0. The molecule has 24 heavy (non-hydrogen) atoms. The molecule has 1 aliphatic heterocycles. The summed E-state index contributed by atoms with van der Waals surface area (Å²) in [6.07, 6.45) is 14.7. The van der Waals surface area contributed by atoms with Crippen LogP contribution in [0.1, 0.15) is 25.7 Å². The second kappa shape index (κ2) is 13.1. The topological polar surface area (TPSA) is 46.2 Å². The predicted molar refractivity (Wildman–Crippen MR) is 77.7 cm³/mol. The van der Waals surface area contributed by atoms with Crippen LogP contribution in [0.5, 0.6) is 0 Å². The van der Waals surface area contributed by atoms with Crippen molar-refractivity contribution in [3.63, 3.8) is 0 Å². The minimum atomic E-state index is -6.00. The van der Waals surface area contributed by atoms with Crippen LogP contribution in [0.15, 0.2) is 36.5 Å². The first-order valence-electron chi connectivity index (χ1n) is 6.93. The van der Waals surface area contributed by atoms with Crippen molar-refractivity contribution in [1.82, 2.24) is 0 Å². The van der Waals surface area contributed by atoms with Crippen molar-refractivity contribution >= 4 is 13.2 Å². The van der Waals surface area contributed by atoms with E-state index in [2.05, 4.69) is 13.2 Å². The summed E-state index contributed by atoms with van der Waals surface area (Å²) in [5, 5.41) is 0. The van der Waals surface area contributed by atoms with Gasteiger partial charge in [-0.15, -0.1) is 0 Å². The largest absolute Gasteiger partial charge is 0.0767 e. The summed E-state index contributed by atoms with van der Waals surface area (Å²) in [5.41, 5.74) is 0.703. The second-order valence-electron chi connectivity index (χ2n) is 4.82. The molecule has 1 saturated carbocycles. The predicted octanol–water partition coefficient (Wildman–Crippen LogP) is 4.23. The standard InChI is InChI=1S/C9H12O2.C5H5.CO.BF4.Fe/c1-6-7-4-2-3-5-8(7)11-9(6)10;1-2-4-5-3-1;1-2;2-1(3,4)5;/h7-8H,1-5H2;1-5H;;;/q;;;-1;/t7-,8-;;;;/m1..../s1. The Morgan fingerprint density at radius 1 is 1.08 bits per heavy atom. The van der Waals surface area contributed by atoms with E-state index in [4.69, 9.17) is 9.39 Å². The van der Waals surface area contributed by atoms with Crippen LogP contribution >= 0.6 is 0 Å². The average Bonchev–Trinajstić information content (AvgIpc) is 3.14. The molecule has 1 heterocycles. The van der Waals surface area contributed by atoms with Gasteiger partial charge in [0, 0.05) is 35.0 Å². The van der Waals surface area contributed by atoms with Gasteiger partial charge in [-0.25, -0.2) is 4.79 Å². The number of halogens is 4. The monoisotopic (exact) mass is 388 g/mol. The van der Waals surface area contributed by atoms with E-state index in [0.717, 1.165) is 12.8 Å². The summed E-state index contributed by atoms with van der Waals surface area (Å²) in [6, 6.07) is 0. The number of rotatable bonds is 0. The number of allylic oxidation sites excluding steroid dienone is 4. The fourth-order valence-electron chi connectivity index (χ4n) is 2.32. The fourth-order valence-corrected chi connectivity index (χ4v) is 2.32. The molecule has 2 aliphatic carbocycles. The van der Waals surface area contributed by atoms with Crippen molar-refractivity contribution in [2.24, 2.45) is 5.92 Å². The zero-order valence-electron chi connectivity index (χ0n) is 12.7. The molecule has 0 spiro atoms. The normalized spacial score (nSPS) is 23.1. The number of hydrogen-bond acceptors (Lipinski definition) is 2. The van der Waals surface area contributed by atoms with Gasteiger partial charge in [-0.05, 0) is 19.3 Å². The summed E-state index contributed by atoms with van der Waals surface area (Å²) in [6.45, 7) is 8.25. The quantitative estimate of drug-likeness (QED) is 0.156. The maximum atomic E-state index is 11.0. The third-order valence-electron chi connectivity index (χ3n) is 3.23. The molecule has 0 amide bonds. The summed E-state index contributed by atoms with van der Waals surface area (Å²) < 4.78 is 51.6. The van der Waals surface area contributed by atoms with Gasteiger partial charge in [-0.1, -0.05) is 37.3 Å².